The molecule has 11 nitrogen and oxygen atoms in total. The van der Waals surface area contributed by atoms with Gasteiger partial charge >= 0.3 is 17.6 Å². The first kappa shape index (κ1) is 24.8. The maximum atomic E-state index is 12.4. The van der Waals surface area contributed by atoms with Crippen LogP contribution in [0.5, 0.6) is 0 Å². The van der Waals surface area contributed by atoms with Crippen LogP contribution in [0, 0.1) is 10.8 Å². The fraction of sp³-hybridized carbons (Fsp3) is 0.700. The Morgan fingerprint density at radius 1 is 1.26 bits per heavy atom. The molecule has 0 unspecified atom stereocenters. The molecular formula is C20H31N3O8. The molecule has 0 saturated carbocycles. The molecule has 174 valence electrons. The van der Waals surface area contributed by atoms with E-state index >= 15 is 0 Å². The third-order valence-electron chi connectivity index (χ3n) is 5.15. The molecule has 0 bridgehead atoms. The number of nitrogen functional groups attached to an aromatic ring is 1. The monoisotopic (exact) mass is 441 g/mol. The van der Waals surface area contributed by atoms with Crippen molar-refractivity contribution >= 4 is 17.8 Å². The second kappa shape index (κ2) is 9.33. The van der Waals surface area contributed by atoms with Gasteiger partial charge in [0.05, 0.1) is 18.9 Å². The van der Waals surface area contributed by atoms with Crippen molar-refractivity contribution in [1.29, 1.82) is 0 Å². The van der Waals surface area contributed by atoms with Crippen molar-refractivity contribution in [3.8, 4) is 0 Å². The van der Waals surface area contributed by atoms with Gasteiger partial charge in [0, 0.05) is 6.20 Å². The maximum absolute atomic E-state index is 12.4. The van der Waals surface area contributed by atoms with Crippen molar-refractivity contribution in [3.63, 3.8) is 0 Å². The van der Waals surface area contributed by atoms with E-state index in [1.165, 1.54) is 19.4 Å². The van der Waals surface area contributed by atoms with Crippen molar-refractivity contribution in [2.24, 2.45) is 10.8 Å². The number of carbonyl (C=O) groups excluding carboxylic acids is 2. The number of hydrogen-bond acceptors (Lipinski definition) is 10. The van der Waals surface area contributed by atoms with Gasteiger partial charge in [0.1, 0.15) is 30.7 Å². The van der Waals surface area contributed by atoms with E-state index in [0.717, 1.165) is 4.57 Å². The normalized spacial score (nSPS) is 24.1. The predicted octanol–water partition coefficient (Wildman–Crippen LogP) is -0.00650. The number of aromatic nitrogens is 2. The van der Waals surface area contributed by atoms with Gasteiger partial charge in [0.15, 0.2) is 6.23 Å². The lowest BCUT2D eigenvalue weighted by molar-refractivity contribution is -0.157. The number of aliphatic hydroxyl groups is 2. The second-order valence-electron chi connectivity index (χ2n) is 9.16. The zero-order chi connectivity index (χ0) is 23.6. The van der Waals surface area contributed by atoms with Gasteiger partial charge in [0.2, 0.25) is 0 Å². The van der Waals surface area contributed by atoms with Gasteiger partial charge < -0.3 is 30.2 Å². The van der Waals surface area contributed by atoms with Crippen molar-refractivity contribution < 1.29 is 34.0 Å². The van der Waals surface area contributed by atoms with Gasteiger partial charge in [-0.15, -0.1) is 0 Å². The first-order valence-corrected chi connectivity index (χ1v) is 9.88. The number of nitrogens with zero attached hydrogens (tertiary/aromatic N) is 2. The van der Waals surface area contributed by atoms with Crippen LogP contribution < -0.4 is 11.4 Å². The van der Waals surface area contributed by atoms with Crippen LogP contribution in [0.2, 0.25) is 0 Å². The summed E-state index contributed by atoms with van der Waals surface area (Å²) >= 11 is 0. The summed E-state index contributed by atoms with van der Waals surface area (Å²) in [7, 11) is 1.31. The van der Waals surface area contributed by atoms with Crippen LogP contribution in [0.3, 0.4) is 0 Å². The van der Waals surface area contributed by atoms with E-state index in [1.54, 1.807) is 13.8 Å². The topological polar surface area (TPSA) is 163 Å². The SMILES string of the molecule is COC(=O)C(C)(C)CC(C)(C)CC(=O)OC[C@H]1O[C@@H](n2ccc(N)nc2=O)[C@@H](O)[C@@H]1O. The van der Waals surface area contributed by atoms with Crippen LogP contribution in [0.4, 0.5) is 5.82 Å². The first-order chi connectivity index (χ1) is 14.3. The largest absolute Gasteiger partial charge is 0.469 e. The Balaban J connectivity index is 1.95. The van der Waals surface area contributed by atoms with E-state index in [0.29, 0.717) is 6.42 Å². The van der Waals surface area contributed by atoms with Crippen molar-refractivity contribution in [2.45, 2.75) is 65.1 Å². The number of anilines is 1. The van der Waals surface area contributed by atoms with E-state index in [-0.39, 0.29) is 24.8 Å². The Labute approximate surface area is 180 Å². The van der Waals surface area contributed by atoms with Gasteiger partial charge in [0.25, 0.3) is 0 Å². The minimum atomic E-state index is -1.43. The van der Waals surface area contributed by atoms with Crippen molar-refractivity contribution in [2.75, 3.05) is 19.5 Å². The van der Waals surface area contributed by atoms with Gasteiger partial charge in [-0.25, -0.2) is 4.79 Å². The van der Waals surface area contributed by atoms with Crippen molar-refractivity contribution in [3.05, 3.63) is 22.7 Å². The van der Waals surface area contributed by atoms with Crippen LogP contribution in [-0.2, 0) is 23.8 Å². The fourth-order valence-electron chi connectivity index (χ4n) is 3.94. The summed E-state index contributed by atoms with van der Waals surface area (Å²) in [6, 6.07) is 1.36. The first-order valence-electron chi connectivity index (χ1n) is 9.88. The Morgan fingerprint density at radius 3 is 2.48 bits per heavy atom. The predicted molar refractivity (Wildman–Crippen MR) is 109 cm³/mol. The number of methoxy groups -OCH3 is 1. The molecule has 1 aromatic heterocycles. The molecule has 0 amide bonds. The van der Waals surface area contributed by atoms with E-state index in [2.05, 4.69) is 4.98 Å². The van der Waals surface area contributed by atoms with Gasteiger partial charge in [-0.05, 0) is 31.7 Å². The Kier molecular flexibility index (Phi) is 7.45. The summed E-state index contributed by atoms with van der Waals surface area (Å²) in [5.74, 6) is -0.910. The highest BCUT2D eigenvalue weighted by atomic mass is 16.6. The molecule has 0 radical (unpaired) electrons. The highest BCUT2D eigenvalue weighted by Gasteiger charge is 2.45. The maximum Gasteiger partial charge on any atom is 0.351 e. The van der Waals surface area contributed by atoms with Gasteiger partial charge in [-0.3, -0.25) is 14.2 Å². The summed E-state index contributed by atoms with van der Waals surface area (Å²) in [5.41, 5.74) is 3.37. The van der Waals surface area contributed by atoms with E-state index in [9.17, 15) is 24.6 Å². The molecule has 4 N–H and O–H groups in total. The third kappa shape index (κ3) is 6.02. The van der Waals surface area contributed by atoms with Crippen LogP contribution in [0.15, 0.2) is 17.1 Å². The minimum absolute atomic E-state index is 0.0118. The van der Waals surface area contributed by atoms with E-state index < -0.39 is 47.0 Å². The van der Waals surface area contributed by atoms with E-state index in [4.69, 9.17) is 19.9 Å². The fourth-order valence-corrected chi connectivity index (χ4v) is 3.94. The molecule has 1 fully saturated rings. The van der Waals surface area contributed by atoms with Crippen LogP contribution in [-0.4, -0.2) is 63.7 Å². The average Bonchev–Trinajstić information content (AvgIpc) is 2.92. The van der Waals surface area contributed by atoms with E-state index in [1.807, 2.05) is 13.8 Å². The summed E-state index contributed by atoms with van der Waals surface area (Å²) in [6.45, 7) is 6.83. The average molecular weight is 441 g/mol. The number of aliphatic hydroxyl groups excluding tert-OH is 2. The minimum Gasteiger partial charge on any atom is -0.469 e. The summed E-state index contributed by atoms with van der Waals surface area (Å²) in [5, 5.41) is 20.5. The lowest BCUT2D eigenvalue weighted by Crippen LogP contribution is -2.36. The molecule has 2 rings (SSSR count). The Morgan fingerprint density at radius 2 is 1.90 bits per heavy atom. The highest BCUT2D eigenvalue weighted by molar-refractivity contribution is 5.76. The Hall–Kier alpha value is -2.50. The molecule has 0 spiro atoms. The molecule has 1 aliphatic rings. The zero-order valence-corrected chi connectivity index (χ0v) is 18.4. The lowest BCUT2D eigenvalue weighted by Gasteiger charge is -2.32. The summed E-state index contributed by atoms with van der Waals surface area (Å²) in [6.07, 6.45) is -3.34. The molecule has 1 aliphatic heterocycles. The number of esters is 2. The number of rotatable bonds is 8. The molecule has 1 aromatic rings. The zero-order valence-electron chi connectivity index (χ0n) is 18.4. The molecule has 1 saturated heterocycles. The highest BCUT2D eigenvalue weighted by Crippen LogP contribution is 2.37. The molecular weight excluding hydrogens is 410 g/mol. The second-order valence-corrected chi connectivity index (χ2v) is 9.16. The molecule has 0 aromatic carbocycles. The number of nitrogens with two attached hydrogens (primary N) is 1. The third-order valence-corrected chi connectivity index (χ3v) is 5.15. The van der Waals surface area contributed by atoms with Crippen molar-refractivity contribution in [1.82, 2.24) is 9.55 Å². The molecule has 4 atom stereocenters. The quantitative estimate of drug-likeness (QED) is 0.468. The standard InChI is InChI=1S/C20H31N3O8/c1-19(2,10-20(3,4)17(27)29-5)8-13(24)30-9-11-14(25)15(26)16(31-11)23-7-6-12(21)22-18(23)28/h6-7,11,14-16,25-26H,8-10H2,1-5H3,(H2,21,22,28)/t11-,14-,15+,16-/m1/s1. The summed E-state index contributed by atoms with van der Waals surface area (Å²) in [4.78, 5) is 39.8. The van der Waals surface area contributed by atoms with Crippen LogP contribution in [0.1, 0.15) is 46.8 Å². The van der Waals surface area contributed by atoms with Gasteiger partial charge in [-0.2, -0.15) is 4.98 Å². The number of hydrogen-bond donors (Lipinski definition) is 3. The van der Waals surface area contributed by atoms with Gasteiger partial charge in [-0.1, -0.05) is 13.8 Å². The molecule has 11 heteroatoms. The van der Waals surface area contributed by atoms with Crippen LogP contribution >= 0.6 is 0 Å². The lowest BCUT2D eigenvalue weighted by atomic mass is 9.73. The number of ether oxygens (including phenoxy) is 3. The smallest absolute Gasteiger partial charge is 0.351 e. The summed E-state index contributed by atoms with van der Waals surface area (Å²) < 4.78 is 16.6. The molecule has 0 aliphatic carbocycles. The number of carbonyl (C=O) groups is 2. The molecule has 2 heterocycles. The van der Waals surface area contributed by atoms with Crippen LogP contribution in [0.25, 0.3) is 0 Å². The molecule has 31 heavy (non-hydrogen) atoms. The Bertz CT molecular complexity index is 866.